The Hall–Kier alpha value is -2.51. The predicted molar refractivity (Wildman–Crippen MR) is 84.5 cm³/mol. The largest absolute Gasteiger partial charge is 0.493 e. The third-order valence-corrected chi connectivity index (χ3v) is 2.83. The molecule has 1 aromatic heterocycles. The molecule has 0 unspecified atom stereocenters. The second-order valence-electron chi connectivity index (χ2n) is 4.02. The molecular weight excluding hydrogens is 288 g/mol. The van der Waals surface area contributed by atoms with Crippen molar-refractivity contribution in [2.75, 3.05) is 14.2 Å². The van der Waals surface area contributed by atoms with Crippen molar-refractivity contribution < 1.29 is 9.47 Å². The monoisotopic (exact) mass is 302 g/mol. The van der Waals surface area contributed by atoms with Crippen molar-refractivity contribution in [2.45, 2.75) is 0 Å². The van der Waals surface area contributed by atoms with Gasteiger partial charge in [-0.15, -0.1) is 12.4 Å². The molecule has 1 aromatic carbocycles. The van der Waals surface area contributed by atoms with Crippen LogP contribution < -0.4 is 9.47 Å². The molecular formula is C16H15ClN2O2. The maximum atomic E-state index is 9.32. The summed E-state index contributed by atoms with van der Waals surface area (Å²) in [6.07, 6.45) is 5.19. The van der Waals surface area contributed by atoms with Crippen molar-refractivity contribution >= 4 is 24.1 Å². The first-order chi connectivity index (χ1) is 9.78. The zero-order valence-electron chi connectivity index (χ0n) is 11.7. The number of methoxy groups -OCH3 is 2. The Balaban J connectivity index is 0.00000220. The lowest BCUT2D eigenvalue weighted by Gasteiger charge is -2.09. The van der Waals surface area contributed by atoms with Gasteiger partial charge in [-0.1, -0.05) is 0 Å². The van der Waals surface area contributed by atoms with Crippen molar-refractivity contribution in [3.05, 3.63) is 53.9 Å². The van der Waals surface area contributed by atoms with E-state index in [0.717, 1.165) is 11.1 Å². The van der Waals surface area contributed by atoms with Crippen LogP contribution in [-0.2, 0) is 0 Å². The Bertz CT molecular complexity index is 664. The molecule has 2 aromatic rings. The van der Waals surface area contributed by atoms with Crippen molar-refractivity contribution in [3.8, 4) is 17.6 Å². The van der Waals surface area contributed by atoms with Crippen LogP contribution in [0.1, 0.15) is 11.1 Å². The summed E-state index contributed by atoms with van der Waals surface area (Å²) in [5.74, 6) is 1.23. The van der Waals surface area contributed by atoms with E-state index in [9.17, 15) is 5.26 Å². The minimum Gasteiger partial charge on any atom is -0.493 e. The van der Waals surface area contributed by atoms with Crippen LogP contribution in [0.2, 0.25) is 0 Å². The maximum Gasteiger partial charge on any atom is 0.161 e. The van der Waals surface area contributed by atoms with Gasteiger partial charge in [-0.25, -0.2) is 0 Å². The van der Waals surface area contributed by atoms with Crippen molar-refractivity contribution in [1.82, 2.24) is 4.98 Å². The van der Waals surface area contributed by atoms with Gasteiger partial charge in [0.05, 0.1) is 25.9 Å². The second-order valence-corrected chi connectivity index (χ2v) is 4.02. The molecule has 0 saturated carbocycles. The molecule has 5 heteroatoms. The summed E-state index contributed by atoms with van der Waals surface area (Å²) in [6.45, 7) is 0. The molecule has 4 nitrogen and oxygen atoms in total. The van der Waals surface area contributed by atoms with Gasteiger partial charge in [0.1, 0.15) is 0 Å². The lowest BCUT2D eigenvalue weighted by molar-refractivity contribution is 0.355. The SMILES string of the molecule is COc1ccc(/C(C#N)=C/c2ccncc2)cc1OC.Cl. The van der Waals surface area contributed by atoms with Crippen LogP contribution in [-0.4, -0.2) is 19.2 Å². The molecule has 0 N–H and O–H groups in total. The van der Waals surface area contributed by atoms with Gasteiger partial charge >= 0.3 is 0 Å². The maximum absolute atomic E-state index is 9.32. The quantitative estimate of drug-likeness (QED) is 0.810. The lowest BCUT2D eigenvalue weighted by atomic mass is 10.0. The highest BCUT2D eigenvalue weighted by molar-refractivity contribution is 5.90. The fraction of sp³-hybridized carbons (Fsp3) is 0.125. The molecule has 108 valence electrons. The number of hydrogen-bond acceptors (Lipinski definition) is 4. The molecule has 0 saturated heterocycles. The number of nitriles is 1. The van der Waals surface area contributed by atoms with E-state index in [4.69, 9.17) is 9.47 Å². The number of halogens is 1. The molecule has 0 amide bonds. The minimum atomic E-state index is 0. The molecule has 0 aliphatic rings. The van der Waals surface area contributed by atoms with E-state index in [-0.39, 0.29) is 12.4 Å². The van der Waals surface area contributed by atoms with Gasteiger partial charge in [0.25, 0.3) is 0 Å². The van der Waals surface area contributed by atoms with E-state index in [1.807, 2.05) is 24.3 Å². The summed E-state index contributed by atoms with van der Waals surface area (Å²) in [5.41, 5.74) is 2.26. The summed E-state index contributed by atoms with van der Waals surface area (Å²) < 4.78 is 10.4. The molecule has 1 heterocycles. The average Bonchev–Trinajstić information content (AvgIpc) is 2.53. The molecule has 0 fully saturated rings. The van der Waals surface area contributed by atoms with Crippen LogP contribution in [0, 0.1) is 11.3 Å². The van der Waals surface area contributed by atoms with Crippen LogP contribution >= 0.6 is 12.4 Å². The molecule has 0 aliphatic carbocycles. The van der Waals surface area contributed by atoms with Gasteiger partial charge < -0.3 is 9.47 Å². The Morgan fingerprint density at radius 1 is 1.10 bits per heavy atom. The molecule has 0 spiro atoms. The average molecular weight is 303 g/mol. The smallest absolute Gasteiger partial charge is 0.161 e. The Morgan fingerprint density at radius 2 is 1.76 bits per heavy atom. The van der Waals surface area contributed by atoms with Gasteiger partial charge in [-0.2, -0.15) is 5.26 Å². The number of rotatable bonds is 4. The van der Waals surface area contributed by atoms with E-state index in [1.54, 1.807) is 38.7 Å². The number of nitrogens with zero attached hydrogens (tertiary/aromatic N) is 2. The zero-order chi connectivity index (χ0) is 14.4. The van der Waals surface area contributed by atoms with Gasteiger partial charge in [-0.05, 0) is 47.5 Å². The Labute approximate surface area is 130 Å². The van der Waals surface area contributed by atoms with Crippen molar-refractivity contribution in [2.24, 2.45) is 0 Å². The Morgan fingerprint density at radius 3 is 2.33 bits per heavy atom. The number of benzene rings is 1. The first-order valence-electron chi connectivity index (χ1n) is 6.02. The van der Waals surface area contributed by atoms with E-state index < -0.39 is 0 Å². The highest BCUT2D eigenvalue weighted by atomic mass is 35.5. The summed E-state index contributed by atoms with van der Waals surface area (Å²) in [5, 5.41) is 9.32. The summed E-state index contributed by atoms with van der Waals surface area (Å²) in [4.78, 5) is 3.95. The van der Waals surface area contributed by atoms with Gasteiger partial charge in [-0.3, -0.25) is 4.98 Å². The highest BCUT2D eigenvalue weighted by Gasteiger charge is 2.07. The molecule has 2 rings (SSSR count). The van der Waals surface area contributed by atoms with E-state index in [2.05, 4.69) is 11.1 Å². The summed E-state index contributed by atoms with van der Waals surface area (Å²) in [7, 11) is 3.15. The van der Waals surface area contributed by atoms with Crippen molar-refractivity contribution in [3.63, 3.8) is 0 Å². The first kappa shape index (κ1) is 16.5. The van der Waals surface area contributed by atoms with Crippen LogP contribution in [0.25, 0.3) is 11.6 Å². The third kappa shape index (κ3) is 3.98. The summed E-state index contributed by atoms with van der Waals surface area (Å²) >= 11 is 0. The molecule has 0 atom stereocenters. The predicted octanol–water partition coefficient (Wildman–Crippen LogP) is 3.58. The highest BCUT2D eigenvalue weighted by Crippen LogP contribution is 2.30. The molecule has 0 radical (unpaired) electrons. The number of ether oxygens (including phenoxy) is 2. The number of hydrogen-bond donors (Lipinski definition) is 0. The van der Waals surface area contributed by atoms with E-state index >= 15 is 0 Å². The minimum absolute atomic E-state index is 0. The fourth-order valence-corrected chi connectivity index (χ4v) is 1.81. The fourth-order valence-electron chi connectivity index (χ4n) is 1.81. The molecule has 21 heavy (non-hydrogen) atoms. The van der Waals surface area contributed by atoms with Crippen LogP contribution in [0.3, 0.4) is 0 Å². The molecule has 0 bridgehead atoms. The number of allylic oxidation sites excluding steroid dienone is 1. The Kier molecular flexibility index (Phi) is 6.25. The van der Waals surface area contributed by atoms with Crippen LogP contribution in [0.15, 0.2) is 42.7 Å². The third-order valence-electron chi connectivity index (χ3n) is 2.83. The van der Waals surface area contributed by atoms with Gasteiger partial charge in [0.15, 0.2) is 11.5 Å². The summed E-state index contributed by atoms with van der Waals surface area (Å²) in [6, 6.07) is 11.3. The molecule has 0 aliphatic heterocycles. The standard InChI is InChI=1S/C16H14N2O2.ClH/c1-19-15-4-3-13(10-16(15)20-2)14(11-17)9-12-5-7-18-8-6-12;/h3-10H,1-2H3;1H/b14-9+;. The van der Waals surface area contributed by atoms with Crippen LogP contribution in [0.5, 0.6) is 11.5 Å². The normalized spacial score (nSPS) is 10.2. The van der Waals surface area contributed by atoms with Crippen molar-refractivity contribution in [1.29, 1.82) is 5.26 Å². The second kappa shape index (κ2) is 7.93. The lowest BCUT2D eigenvalue weighted by Crippen LogP contribution is -1.92. The first-order valence-corrected chi connectivity index (χ1v) is 6.02. The topological polar surface area (TPSA) is 55.1 Å². The zero-order valence-corrected chi connectivity index (χ0v) is 12.6. The van der Waals surface area contributed by atoms with Gasteiger partial charge in [0.2, 0.25) is 0 Å². The van der Waals surface area contributed by atoms with E-state index in [1.165, 1.54) is 0 Å². The number of aromatic nitrogens is 1. The number of pyridine rings is 1. The van der Waals surface area contributed by atoms with Gasteiger partial charge in [0, 0.05) is 12.4 Å². The van der Waals surface area contributed by atoms with Crippen LogP contribution in [0.4, 0.5) is 0 Å². The van der Waals surface area contributed by atoms with E-state index in [0.29, 0.717) is 17.1 Å².